The molecule has 0 N–H and O–H groups in total. The van der Waals surface area contributed by atoms with Crippen LogP contribution < -0.4 is 0 Å². The molecule has 0 saturated carbocycles. The summed E-state index contributed by atoms with van der Waals surface area (Å²) in [4.78, 5) is 0. The van der Waals surface area contributed by atoms with Crippen LogP contribution in [0.25, 0.3) is 11.4 Å². The lowest BCUT2D eigenvalue weighted by Crippen LogP contribution is -2.08. The topological polar surface area (TPSA) is 9.86 Å². The average molecular weight is 370 g/mol. The minimum atomic E-state index is -0.853. The van der Waals surface area contributed by atoms with E-state index in [1.54, 1.807) is 49.1 Å². The molecule has 0 aliphatic heterocycles. The summed E-state index contributed by atoms with van der Waals surface area (Å²) in [5.41, 5.74) is -0.551. The van der Waals surface area contributed by atoms with Crippen LogP contribution in [0.15, 0.2) is 73.3 Å². The van der Waals surface area contributed by atoms with Crippen LogP contribution >= 0.6 is 0 Å². The zero-order valence-corrected chi connectivity index (χ0v) is 14.0. The second kappa shape index (κ2) is 6.79. The van der Waals surface area contributed by atoms with Gasteiger partial charge < -0.3 is 9.13 Å². The zero-order chi connectivity index (χ0) is 19.0. The van der Waals surface area contributed by atoms with Gasteiger partial charge in [-0.05, 0) is 48.5 Å². The molecule has 2 heterocycles. The molecule has 0 spiro atoms. The maximum Gasteiger partial charge on any atom is 0.153 e. The van der Waals surface area contributed by atoms with Crippen molar-refractivity contribution in [3.05, 3.63) is 108 Å². The molecule has 0 radical (unpaired) electrons. The Morgan fingerprint density at radius 1 is 0.556 bits per heavy atom. The van der Waals surface area contributed by atoms with Crippen LogP contribution in [0.3, 0.4) is 0 Å². The Morgan fingerprint density at radius 3 is 1.30 bits per heavy atom. The van der Waals surface area contributed by atoms with Crippen molar-refractivity contribution in [1.82, 2.24) is 9.13 Å². The second-order valence-electron chi connectivity index (χ2n) is 6.08. The van der Waals surface area contributed by atoms with Crippen LogP contribution in [-0.2, 0) is 6.42 Å². The van der Waals surface area contributed by atoms with E-state index in [1.807, 2.05) is 0 Å². The molecule has 0 atom stereocenters. The fraction of sp³-hybridized carbons (Fsp3) is 0.0476. The number of nitrogens with zero attached hydrogens (tertiary/aromatic N) is 2. The molecule has 0 bridgehead atoms. The Kier molecular flexibility index (Phi) is 4.32. The molecule has 4 aromatic rings. The smallest absolute Gasteiger partial charge is 0.153 e. The highest BCUT2D eigenvalue weighted by atomic mass is 19.1. The van der Waals surface area contributed by atoms with Crippen molar-refractivity contribution in [2.45, 2.75) is 6.42 Å². The lowest BCUT2D eigenvalue weighted by Gasteiger charge is -2.14. The van der Waals surface area contributed by atoms with E-state index in [0.717, 1.165) is 12.1 Å². The van der Waals surface area contributed by atoms with E-state index in [1.165, 1.54) is 21.3 Å². The van der Waals surface area contributed by atoms with Crippen molar-refractivity contribution >= 4 is 0 Å². The summed E-state index contributed by atoms with van der Waals surface area (Å²) in [6, 6.07) is 11.6. The number of hydrogen-bond acceptors (Lipinski definition) is 0. The predicted octanol–water partition coefficient (Wildman–Crippen LogP) is 5.42. The van der Waals surface area contributed by atoms with Crippen LogP contribution in [0.1, 0.15) is 11.1 Å². The van der Waals surface area contributed by atoms with E-state index in [2.05, 4.69) is 0 Å². The standard InChI is InChI=1S/C21H14F4N2/c22-16-5-7-18(26-9-1-2-10-26)20(24)14(16)13-15-17(23)6-8-19(21(15)25)27-11-3-4-12-27/h1-12H,13H2. The first-order valence-corrected chi connectivity index (χ1v) is 8.26. The first-order valence-electron chi connectivity index (χ1n) is 8.26. The van der Waals surface area contributed by atoms with E-state index in [4.69, 9.17) is 0 Å². The average Bonchev–Trinajstić information content (AvgIpc) is 3.35. The van der Waals surface area contributed by atoms with Gasteiger partial charge in [-0.3, -0.25) is 0 Å². The normalized spacial score (nSPS) is 11.1. The summed E-state index contributed by atoms with van der Waals surface area (Å²) in [6.45, 7) is 0. The number of halogens is 4. The van der Waals surface area contributed by atoms with Gasteiger partial charge in [0.15, 0.2) is 11.6 Å². The quantitative estimate of drug-likeness (QED) is 0.425. The van der Waals surface area contributed by atoms with Gasteiger partial charge in [-0.2, -0.15) is 0 Å². The third-order valence-corrected chi connectivity index (χ3v) is 4.45. The maximum atomic E-state index is 14.9. The first-order chi connectivity index (χ1) is 13.1. The van der Waals surface area contributed by atoms with Crippen molar-refractivity contribution in [3.63, 3.8) is 0 Å². The lowest BCUT2D eigenvalue weighted by atomic mass is 10.0. The largest absolute Gasteiger partial charge is 0.321 e. The molecule has 2 aromatic carbocycles. The van der Waals surface area contributed by atoms with E-state index in [-0.39, 0.29) is 22.5 Å². The van der Waals surface area contributed by atoms with E-state index in [9.17, 15) is 17.6 Å². The highest BCUT2D eigenvalue weighted by Gasteiger charge is 2.21. The van der Waals surface area contributed by atoms with Crippen LogP contribution in [0.5, 0.6) is 0 Å². The van der Waals surface area contributed by atoms with E-state index in [0.29, 0.717) is 0 Å². The number of hydrogen-bond donors (Lipinski definition) is 0. The molecule has 0 aliphatic rings. The van der Waals surface area contributed by atoms with Crippen LogP contribution in [0.4, 0.5) is 17.6 Å². The van der Waals surface area contributed by atoms with Gasteiger partial charge in [-0.15, -0.1) is 0 Å². The summed E-state index contributed by atoms with van der Waals surface area (Å²) >= 11 is 0. The number of rotatable bonds is 4. The molecular weight excluding hydrogens is 356 g/mol. The van der Waals surface area contributed by atoms with E-state index < -0.39 is 29.7 Å². The SMILES string of the molecule is Fc1ccc(-n2cccc2)c(F)c1Cc1c(F)ccc(-n2cccc2)c1F. The van der Waals surface area contributed by atoms with Gasteiger partial charge in [0.05, 0.1) is 11.4 Å². The van der Waals surface area contributed by atoms with Crippen molar-refractivity contribution in [2.24, 2.45) is 0 Å². The summed E-state index contributed by atoms with van der Waals surface area (Å²) in [7, 11) is 0. The van der Waals surface area contributed by atoms with Crippen molar-refractivity contribution < 1.29 is 17.6 Å². The molecular formula is C21H14F4N2. The highest BCUT2D eigenvalue weighted by molar-refractivity contribution is 5.45. The van der Waals surface area contributed by atoms with Gasteiger partial charge in [0, 0.05) is 42.3 Å². The summed E-state index contributed by atoms with van der Waals surface area (Å²) in [5, 5.41) is 0. The summed E-state index contributed by atoms with van der Waals surface area (Å²) in [6.07, 6.45) is 5.88. The monoisotopic (exact) mass is 370 g/mol. The Hall–Kier alpha value is -3.28. The van der Waals surface area contributed by atoms with Crippen molar-refractivity contribution in [2.75, 3.05) is 0 Å². The van der Waals surface area contributed by atoms with Crippen LogP contribution in [0.2, 0.25) is 0 Å². The minimum absolute atomic E-state index is 0.110. The van der Waals surface area contributed by atoms with Gasteiger partial charge in [-0.25, -0.2) is 17.6 Å². The third-order valence-electron chi connectivity index (χ3n) is 4.45. The molecule has 6 heteroatoms. The molecule has 2 aromatic heterocycles. The minimum Gasteiger partial charge on any atom is -0.321 e. The Labute approximate surface area is 152 Å². The number of aromatic nitrogens is 2. The third kappa shape index (κ3) is 3.03. The summed E-state index contributed by atoms with van der Waals surface area (Å²) in [5.74, 6) is -3.41. The zero-order valence-electron chi connectivity index (χ0n) is 14.0. The fourth-order valence-corrected chi connectivity index (χ4v) is 3.06. The summed E-state index contributed by atoms with van der Waals surface area (Å²) < 4.78 is 61.4. The predicted molar refractivity (Wildman–Crippen MR) is 94.2 cm³/mol. The Morgan fingerprint density at radius 2 is 0.926 bits per heavy atom. The molecule has 27 heavy (non-hydrogen) atoms. The van der Waals surface area contributed by atoms with Crippen LogP contribution in [-0.4, -0.2) is 9.13 Å². The fourth-order valence-electron chi connectivity index (χ4n) is 3.06. The molecule has 2 nitrogen and oxygen atoms in total. The van der Waals surface area contributed by atoms with Crippen molar-refractivity contribution in [1.29, 1.82) is 0 Å². The van der Waals surface area contributed by atoms with Crippen LogP contribution in [0, 0.1) is 23.3 Å². The molecule has 0 amide bonds. The second-order valence-corrected chi connectivity index (χ2v) is 6.08. The van der Waals surface area contributed by atoms with Gasteiger partial charge in [0.1, 0.15) is 11.6 Å². The molecule has 0 fully saturated rings. The van der Waals surface area contributed by atoms with Gasteiger partial charge in [0.25, 0.3) is 0 Å². The molecule has 0 saturated heterocycles. The molecule has 4 rings (SSSR count). The highest BCUT2D eigenvalue weighted by Crippen LogP contribution is 2.27. The molecule has 0 aliphatic carbocycles. The maximum absolute atomic E-state index is 14.9. The lowest BCUT2D eigenvalue weighted by molar-refractivity contribution is 0.534. The van der Waals surface area contributed by atoms with E-state index >= 15 is 0 Å². The van der Waals surface area contributed by atoms with Gasteiger partial charge in [-0.1, -0.05) is 0 Å². The van der Waals surface area contributed by atoms with Gasteiger partial charge in [0.2, 0.25) is 0 Å². The van der Waals surface area contributed by atoms with Gasteiger partial charge >= 0.3 is 0 Å². The molecule has 0 unspecified atom stereocenters. The Bertz CT molecular complexity index is 996. The first kappa shape index (κ1) is 17.1. The van der Waals surface area contributed by atoms with Crippen molar-refractivity contribution in [3.8, 4) is 11.4 Å². The molecule has 136 valence electrons. The number of benzene rings is 2. The Balaban J connectivity index is 1.81.